The van der Waals surface area contributed by atoms with Crippen molar-refractivity contribution in [2.45, 2.75) is 24.9 Å². The van der Waals surface area contributed by atoms with Crippen LogP contribution in [0.4, 0.5) is 11.6 Å². The standard InChI is InChI=1S/C18H21N6O8P/c1-20-10-5-3-2-4-9(10)17(26)32-11-6-13(31-12(11)7-30-33(27,28)29)24-8-21-14-15(24)22-18(19)23-16(14)25/h2-5,8,11-13,20H,6-7H2,1H3,(H2,27,28,29)(H3,19,22,23,25)/t11-,12?,13-/m1/s1. The van der Waals surface area contributed by atoms with E-state index in [0.717, 1.165) is 0 Å². The van der Waals surface area contributed by atoms with Crippen molar-refractivity contribution in [3.63, 3.8) is 0 Å². The molecule has 6 N–H and O–H groups in total. The van der Waals surface area contributed by atoms with Gasteiger partial charge in [-0.1, -0.05) is 12.1 Å². The number of imidazole rings is 1. The van der Waals surface area contributed by atoms with Crippen LogP contribution in [0.15, 0.2) is 35.4 Å². The number of phosphoric acid groups is 1. The number of nitrogens with zero attached hydrogens (tertiary/aromatic N) is 3. The number of phosphoric ester groups is 1. The van der Waals surface area contributed by atoms with Crippen LogP contribution in [0.1, 0.15) is 23.0 Å². The van der Waals surface area contributed by atoms with Gasteiger partial charge in [0.05, 0.1) is 18.5 Å². The third-order valence-corrected chi connectivity index (χ3v) is 5.51. The lowest BCUT2D eigenvalue weighted by Gasteiger charge is -2.19. The van der Waals surface area contributed by atoms with Crippen molar-refractivity contribution in [3.8, 4) is 0 Å². The molecule has 15 heteroatoms. The monoisotopic (exact) mass is 480 g/mol. The van der Waals surface area contributed by atoms with Crippen molar-refractivity contribution in [1.82, 2.24) is 19.5 Å². The van der Waals surface area contributed by atoms with Crippen molar-refractivity contribution in [1.29, 1.82) is 0 Å². The molecule has 1 aromatic carbocycles. The normalized spacial score (nSPS) is 20.8. The van der Waals surface area contributed by atoms with E-state index < -0.39 is 44.4 Å². The lowest BCUT2D eigenvalue weighted by Crippen LogP contribution is -2.31. The number of para-hydroxylation sites is 1. The first-order valence-corrected chi connectivity index (χ1v) is 11.2. The number of hydrogen-bond donors (Lipinski definition) is 5. The largest absolute Gasteiger partial charge is 0.469 e. The summed E-state index contributed by atoms with van der Waals surface area (Å²) in [4.78, 5) is 53.5. The van der Waals surface area contributed by atoms with Crippen molar-refractivity contribution in [2.75, 3.05) is 24.7 Å². The van der Waals surface area contributed by atoms with Gasteiger partial charge in [-0.3, -0.25) is 18.9 Å². The topological polar surface area (TPSA) is 204 Å². The van der Waals surface area contributed by atoms with E-state index in [1.807, 2.05) is 0 Å². The van der Waals surface area contributed by atoms with Gasteiger partial charge in [0.2, 0.25) is 5.95 Å². The van der Waals surface area contributed by atoms with E-state index in [0.29, 0.717) is 5.69 Å². The first kappa shape index (κ1) is 22.9. The Morgan fingerprint density at radius 1 is 1.42 bits per heavy atom. The second kappa shape index (κ2) is 8.92. The van der Waals surface area contributed by atoms with Crippen LogP contribution in [0.5, 0.6) is 0 Å². The van der Waals surface area contributed by atoms with Gasteiger partial charge in [0.1, 0.15) is 18.4 Å². The summed E-state index contributed by atoms with van der Waals surface area (Å²) < 4.78 is 28.7. The number of esters is 1. The average molecular weight is 480 g/mol. The quantitative estimate of drug-likeness (QED) is 0.230. The molecular formula is C18H21N6O8P. The first-order chi connectivity index (χ1) is 15.7. The minimum absolute atomic E-state index is 0.0270. The highest BCUT2D eigenvalue weighted by Gasteiger charge is 2.41. The van der Waals surface area contributed by atoms with Crippen LogP contribution in [0.25, 0.3) is 11.2 Å². The molecule has 2 aromatic heterocycles. The molecule has 3 heterocycles. The van der Waals surface area contributed by atoms with E-state index in [1.165, 1.54) is 10.9 Å². The number of nitrogens with two attached hydrogens (primary N) is 1. The number of fused-ring (bicyclic) bond motifs is 1. The van der Waals surface area contributed by atoms with Gasteiger partial charge in [0, 0.05) is 19.2 Å². The number of aromatic nitrogens is 4. The van der Waals surface area contributed by atoms with Gasteiger partial charge in [0.25, 0.3) is 5.56 Å². The fourth-order valence-corrected chi connectivity index (χ4v) is 3.89. The Kier molecular flexibility index (Phi) is 6.19. The van der Waals surface area contributed by atoms with Gasteiger partial charge in [-0.25, -0.2) is 14.3 Å². The highest BCUT2D eigenvalue weighted by atomic mass is 31.2. The van der Waals surface area contributed by atoms with E-state index in [1.54, 1.807) is 31.3 Å². The second-order valence-corrected chi connectivity index (χ2v) is 8.41. The first-order valence-electron chi connectivity index (χ1n) is 9.72. The Labute approximate surface area is 185 Å². The Bertz CT molecular complexity index is 1290. The molecule has 3 atom stereocenters. The lowest BCUT2D eigenvalue weighted by atomic mass is 10.1. The lowest BCUT2D eigenvalue weighted by molar-refractivity contribution is -0.0490. The van der Waals surface area contributed by atoms with Crippen LogP contribution in [-0.2, 0) is 18.6 Å². The molecule has 1 aliphatic heterocycles. The fourth-order valence-electron chi connectivity index (χ4n) is 3.55. The van der Waals surface area contributed by atoms with Crippen LogP contribution in [-0.4, -0.2) is 61.1 Å². The zero-order valence-corrected chi connectivity index (χ0v) is 18.1. The van der Waals surface area contributed by atoms with Crippen molar-refractivity contribution < 1.29 is 33.1 Å². The van der Waals surface area contributed by atoms with Crippen LogP contribution in [0.2, 0.25) is 0 Å². The maximum atomic E-state index is 12.8. The number of hydrogen-bond acceptors (Lipinski definition) is 10. The molecule has 0 spiro atoms. The number of ether oxygens (including phenoxy) is 2. The number of nitrogens with one attached hydrogen (secondary N) is 2. The zero-order valence-electron chi connectivity index (χ0n) is 17.2. The molecule has 33 heavy (non-hydrogen) atoms. The maximum absolute atomic E-state index is 12.8. The number of nitrogen functional groups attached to an aromatic ring is 1. The number of rotatable bonds is 7. The number of carbonyl (C=O) groups is 1. The SMILES string of the molecule is CNc1ccccc1C(=O)O[C@@H]1C[C@H](n2cnc3c(=O)[nH]c(N)nc32)OC1COP(=O)(O)O. The molecular weight excluding hydrogens is 459 g/mol. The molecule has 14 nitrogen and oxygen atoms in total. The summed E-state index contributed by atoms with van der Waals surface area (Å²) >= 11 is 0. The molecule has 0 bridgehead atoms. The zero-order chi connectivity index (χ0) is 23.8. The summed E-state index contributed by atoms with van der Waals surface area (Å²) in [6, 6.07) is 6.69. The molecule has 0 amide bonds. The highest BCUT2D eigenvalue weighted by molar-refractivity contribution is 7.46. The summed E-state index contributed by atoms with van der Waals surface area (Å²) in [5.41, 5.74) is 6.07. The molecule has 176 valence electrons. The van der Waals surface area contributed by atoms with Crippen LogP contribution in [0, 0.1) is 0 Å². The van der Waals surface area contributed by atoms with Crippen LogP contribution >= 0.6 is 7.82 Å². The minimum Gasteiger partial charge on any atom is -0.456 e. The highest BCUT2D eigenvalue weighted by Crippen LogP contribution is 2.39. The smallest absolute Gasteiger partial charge is 0.456 e. The van der Waals surface area contributed by atoms with Gasteiger partial charge in [-0.15, -0.1) is 0 Å². The van der Waals surface area contributed by atoms with Crippen molar-refractivity contribution in [3.05, 3.63) is 46.5 Å². The van der Waals surface area contributed by atoms with E-state index >= 15 is 0 Å². The van der Waals surface area contributed by atoms with Crippen LogP contribution < -0.4 is 16.6 Å². The molecule has 0 radical (unpaired) electrons. The summed E-state index contributed by atoms with van der Waals surface area (Å²) in [5, 5.41) is 2.89. The predicted molar refractivity (Wildman–Crippen MR) is 114 cm³/mol. The number of benzene rings is 1. The Balaban J connectivity index is 1.61. The van der Waals surface area contributed by atoms with E-state index in [2.05, 4.69) is 24.8 Å². The Morgan fingerprint density at radius 2 is 2.18 bits per heavy atom. The minimum atomic E-state index is -4.81. The number of carbonyl (C=O) groups excluding carboxylic acids is 1. The predicted octanol–water partition coefficient (Wildman–Crippen LogP) is 0.366. The molecule has 1 aliphatic rings. The summed E-state index contributed by atoms with van der Waals surface area (Å²) in [6.45, 7) is -0.546. The maximum Gasteiger partial charge on any atom is 0.469 e. The van der Waals surface area contributed by atoms with Crippen molar-refractivity contribution >= 4 is 36.6 Å². The van der Waals surface area contributed by atoms with E-state index in [4.69, 9.17) is 25.0 Å². The number of H-pyrrole nitrogens is 1. The van der Waals surface area contributed by atoms with Gasteiger partial charge >= 0.3 is 13.8 Å². The van der Waals surface area contributed by atoms with Crippen molar-refractivity contribution in [2.24, 2.45) is 0 Å². The molecule has 3 aromatic rings. The number of anilines is 2. The third kappa shape index (κ3) is 4.89. The molecule has 0 aliphatic carbocycles. The van der Waals surface area contributed by atoms with E-state index in [-0.39, 0.29) is 29.1 Å². The van der Waals surface area contributed by atoms with Gasteiger partial charge in [-0.2, -0.15) is 4.98 Å². The Morgan fingerprint density at radius 3 is 2.91 bits per heavy atom. The van der Waals surface area contributed by atoms with Gasteiger partial charge in [-0.05, 0) is 12.1 Å². The summed E-state index contributed by atoms with van der Waals surface area (Å²) in [6.07, 6.45) is -1.40. The fraction of sp³-hybridized carbons (Fsp3) is 0.333. The molecule has 4 rings (SSSR count). The Hall–Kier alpha value is -3.29. The van der Waals surface area contributed by atoms with E-state index in [9.17, 15) is 14.2 Å². The van der Waals surface area contributed by atoms with Gasteiger partial charge in [0.15, 0.2) is 11.2 Å². The average Bonchev–Trinajstić information content (AvgIpc) is 3.35. The second-order valence-electron chi connectivity index (χ2n) is 7.17. The number of aromatic amines is 1. The summed E-state index contributed by atoms with van der Waals surface area (Å²) in [7, 11) is -3.15. The van der Waals surface area contributed by atoms with Gasteiger partial charge < -0.3 is 30.3 Å². The van der Waals surface area contributed by atoms with Crippen LogP contribution in [0.3, 0.4) is 0 Å². The molecule has 0 saturated carbocycles. The third-order valence-electron chi connectivity index (χ3n) is 5.02. The summed E-state index contributed by atoms with van der Waals surface area (Å²) in [5.74, 6) is -0.787. The molecule has 1 unspecified atom stereocenters. The molecule has 1 saturated heterocycles. The molecule has 1 fully saturated rings.